The third-order valence-corrected chi connectivity index (χ3v) is 3.10. The number of ether oxygens (including phenoxy) is 2. The van der Waals surface area contributed by atoms with E-state index >= 15 is 0 Å². The van der Waals surface area contributed by atoms with Crippen molar-refractivity contribution in [1.82, 2.24) is 9.55 Å². The summed E-state index contributed by atoms with van der Waals surface area (Å²) in [7, 11) is 1.60. The van der Waals surface area contributed by atoms with Gasteiger partial charge in [0, 0.05) is 6.54 Å². The van der Waals surface area contributed by atoms with Gasteiger partial charge in [0.15, 0.2) is 0 Å². The summed E-state index contributed by atoms with van der Waals surface area (Å²) in [6.45, 7) is 0.806. The lowest BCUT2D eigenvalue weighted by molar-refractivity contribution is -0.122. The summed E-state index contributed by atoms with van der Waals surface area (Å²) in [6, 6.07) is 5.68. The van der Waals surface area contributed by atoms with Crippen LogP contribution in [0.3, 0.4) is 0 Å². The monoisotopic (exact) mass is 297 g/mol. The molecule has 6 nitrogen and oxygen atoms in total. The molecule has 0 atom stereocenters. The van der Waals surface area contributed by atoms with Gasteiger partial charge in [-0.3, -0.25) is 4.79 Å². The highest BCUT2D eigenvalue weighted by Gasteiger charge is 2.13. The van der Waals surface area contributed by atoms with Crippen molar-refractivity contribution >= 4 is 28.5 Å². The van der Waals surface area contributed by atoms with Crippen LogP contribution in [0.25, 0.3) is 11.0 Å². The number of hydrogen-bond acceptors (Lipinski definition) is 4. The Morgan fingerprint density at radius 3 is 2.95 bits per heavy atom. The van der Waals surface area contributed by atoms with E-state index in [1.54, 1.807) is 7.11 Å². The first kappa shape index (κ1) is 14.6. The van der Waals surface area contributed by atoms with E-state index < -0.39 is 5.91 Å². The third kappa shape index (κ3) is 3.02. The van der Waals surface area contributed by atoms with Crippen molar-refractivity contribution in [1.29, 1.82) is 0 Å². The molecule has 0 aliphatic heterocycles. The van der Waals surface area contributed by atoms with Crippen LogP contribution in [-0.2, 0) is 22.0 Å². The summed E-state index contributed by atoms with van der Waals surface area (Å²) in [5.74, 6) is 1.23. The second-order valence-corrected chi connectivity index (χ2v) is 4.43. The predicted molar refractivity (Wildman–Crippen MR) is 75.9 cm³/mol. The largest absolute Gasteiger partial charge is 0.494 e. The fraction of sp³-hybridized carbons (Fsp3) is 0.385. The maximum Gasteiger partial charge on any atom is 0.243 e. The number of carbonyl (C=O) groups excluding carboxylic acids is 1. The molecule has 7 heteroatoms. The van der Waals surface area contributed by atoms with Crippen LogP contribution in [0.5, 0.6) is 5.75 Å². The Labute approximate surface area is 121 Å². The van der Waals surface area contributed by atoms with Gasteiger partial charge in [0.1, 0.15) is 23.7 Å². The molecule has 0 bridgehead atoms. The van der Waals surface area contributed by atoms with Gasteiger partial charge in [0.2, 0.25) is 5.91 Å². The second-order valence-electron chi connectivity index (χ2n) is 4.16. The molecule has 0 fully saturated rings. The number of rotatable bonds is 7. The standard InChI is InChI=1S/C13H16ClN3O3/c1-19-10-4-2-3-9-13(10)16-12(7-14)17(9)5-6-20-8-11(15)18/h2-4H,5-8H2,1H3,(H2,15,18). The topological polar surface area (TPSA) is 79.4 Å². The molecule has 2 aromatic rings. The summed E-state index contributed by atoms with van der Waals surface area (Å²) in [5, 5.41) is 0. The third-order valence-electron chi connectivity index (χ3n) is 2.86. The number of benzene rings is 1. The van der Waals surface area contributed by atoms with Crippen LogP contribution in [0, 0.1) is 0 Å². The highest BCUT2D eigenvalue weighted by atomic mass is 35.5. The van der Waals surface area contributed by atoms with Gasteiger partial charge in [0.25, 0.3) is 0 Å². The maximum atomic E-state index is 10.6. The van der Waals surface area contributed by atoms with Crippen LogP contribution in [0.4, 0.5) is 0 Å². The van der Waals surface area contributed by atoms with Crippen molar-refractivity contribution in [3.63, 3.8) is 0 Å². The number of imidazole rings is 1. The summed E-state index contributed by atoms with van der Waals surface area (Å²) in [6.07, 6.45) is 0. The zero-order valence-corrected chi connectivity index (χ0v) is 11.9. The Balaban J connectivity index is 2.24. The first-order valence-electron chi connectivity index (χ1n) is 6.11. The first-order chi connectivity index (χ1) is 9.67. The molecular weight excluding hydrogens is 282 g/mol. The molecule has 0 saturated heterocycles. The molecule has 0 aliphatic rings. The van der Waals surface area contributed by atoms with E-state index in [9.17, 15) is 4.79 Å². The molecule has 1 amide bonds. The molecule has 1 heterocycles. The zero-order valence-electron chi connectivity index (χ0n) is 11.1. The number of halogens is 1. The van der Waals surface area contributed by atoms with Crippen molar-refractivity contribution in [3.8, 4) is 5.75 Å². The van der Waals surface area contributed by atoms with E-state index in [4.69, 9.17) is 26.8 Å². The molecule has 0 spiro atoms. The lowest BCUT2D eigenvalue weighted by atomic mass is 10.3. The van der Waals surface area contributed by atoms with Gasteiger partial charge in [-0.25, -0.2) is 4.98 Å². The fourth-order valence-corrected chi connectivity index (χ4v) is 2.22. The van der Waals surface area contributed by atoms with Crippen LogP contribution in [0.1, 0.15) is 5.82 Å². The van der Waals surface area contributed by atoms with Crippen LogP contribution in [-0.4, -0.2) is 35.8 Å². The minimum atomic E-state index is -0.486. The first-order valence-corrected chi connectivity index (χ1v) is 6.65. The van der Waals surface area contributed by atoms with E-state index in [1.165, 1.54) is 0 Å². The Morgan fingerprint density at radius 1 is 1.50 bits per heavy atom. The van der Waals surface area contributed by atoms with Crippen molar-refractivity contribution in [2.75, 3.05) is 20.3 Å². The summed E-state index contributed by atoms with van der Waals surface area (Å²) >= 11 is 5.92. The average Bonchev–Trinajstić information content (AvgIpc) is 2.81. The smallest absolute Gasteiger partial charge is 0.243 e. The summed E-state index contributed by atoms with van der Waals surface area (Å²) < 4.78 is 12.4. The number of amides is 1. The van der Waals surface area contributed by atoms with Gasteiger partial charge in [-0.15, -0.1) is 11.6 Å². The highest BCUT2D eigenvalue weighted by Crippen LogP contribution is 2.26. The molecule has 1 aromatic carbocycles. The number of methoxy groups -OCH3 is 1. The average molecular weight is 298 g/mol. The molecule has 108 valence electrons. The van der Waals surface area contributed by atoms with E-state index in [2.05, 4.69) is 4.98 Å². The van der Waals surface area contributed by atoms with Crippen molar-refractivity contribution in [2.45, 2.75) is 12.4 Å². The van der Waals surface area contributed by atoms with Gasteiger partial charge >= 0.3 is 0 Å². The number of aromatic nitrogens is 2. The van der Waals surface area contributed by atoms with E-state index in [-0.39, 0.29) is 12.5 Å². The van der Waals surface area contributed by atoms with E-state index in [0.29, 0.717) is 18.9 Å². The van der Waals surface area contributed by atoms with Crippen molar-refractivity contribution in [3.05, 3.63) is 24.0 Å². The van der Waals surface area contributed by atoms with Gasteiger partial charge in [0.05, 0.1) is 25.1 Å². The molecule has 2 N–H and O–H groups in total. The van der Waals surface area contributed by atoms with Crippen LogP contribution in [0.15, 0.2) is 18.2 Å². The fourth-order valence-electron chi connectivity index (χ4n) is 2.01. The quantitative estimate of drug-likeness (QED) is 0.617. The van der Waals surface area contributed by atoms with Gasteiger partial charge in [-0.1, -0.05) is 6.07 Å². The second kappa shape index (κ2) is 6.58. The normalized spacial score (nSPS) is 10.9. The van der Waals surface area contributed by atoms with Crippen LogP contribution < -0.4 is 10.5 Å². The Morgan fingerprint density at radius 2 is 2.30 bits per heavy atom. The summed E-state index contributed by atoms with van der Waals surface area (Å²) in [5.41, 5.74) is 6.70. The number of para-hydroxylation sites is 1. The van der Waals surface area contributed by atoms with Gasteiger partial charge in [-0.05, 0) is 12.1 Å². The minimum absolute atomic E-state index is 0.0911. The molecule has 1 aromatic heterocycles. The SMILES string of the molecule is COc1cccc2c1nc(CCl)n2CCOCC(N)=O. The molecule has 0 aliphatic carbocycles. The van der Waals surface area contributed by atoms with Gasteiger partial charge in [-0.2, -0.15) is 0 Å². The number of nitrogens with zero attached hydrogens (tertiary/aromatic N) is 2. The molecule has 0 unspecified atom stereocenters. The molecule has 0 radical (unpaired) electrons. The Bertz CT molecular complexity index is 612. The van der Waals surface area contributed by atoms with Crippen LogP contribution >= 0.6 is 11.6 Å². The van der Waals surface area contributed by atoms with Crippen molar-refractivity contribution < 1.29 is 14.3 Å². The zero-order chi connectivity index (χ0) is 14.5. The number of fused-ring (bicyclic) bond motifs is 1. The van der Waals surface area contributed by atoms with E-state index in [1.807, 2.05) is 22.8 Å². The highest BCUT2D eigenvalue weighted by molar-refractivity contribution is 6.16. The lowest BCUT2D eigenvalue weighted by Gasteiger charge is -2.08. The summed E-state index contributed by atoms with van der Waals surface area (Å²) in [4.78, 5) is 15.1. The lowest BCUT2D eigenvalue weighted by Crippen LogP contribution is -2.20. The predicted octanol–water partition coefficient (Wildman–Crippen LogP) is 1.29. The minimum Gasteiger partial charge on any atom is -0.494 e. The molecule has 20 heavy (non-hydrogen) atoms. The number of nitrogens with two attached hydrogens (primary N) is 1. The molecular formula is C13H16ClN3O3. The maximum absolute atomic E-state index is 10.6. The van der Waals surface area contributed by atoms with Gasteiger partial charge < -0.3 is 19.8 Å². The van der Waals surface area contributed by atoms with Crippen molar-refractivity contribution in [2.24, 2.45) is 5.73 Å². The van der Waals surface area contributed by atoms with E-state index in [0.717, 1.165) is 16.9 Å². The number of alkyl halides is 1. The Kier molecular flexibility index (Phi) is 4.81. The molecule has 2 rings (SSSR count). The Hall–Kier alpha value is -1.79. The molecule has 0 saturated carbocycles. The number of primary amides is 1. The van der Waals surface area contributed by atoms with Crippen LogP contribution in [0.2, 0.25) is 0 Å². The number of carbonyl (C=O) groups is 1. The number of hydrogen-bond donors (Lipinski definition) is 1.